The van der Waals surface area contributed by atoms with E-state index in [-0.39, 0.29) is 40.4 Å². The predicted octanol–water partition coefficient (Wildman–Crippen LogP) is 6.18. The first-order chi connectivity index (χ1) is 19.2. The molecule has 41 heavy (non-hydrogen) atoms. The van der Waals surface area contributed by atoms with E-state index in [1.54, 1.807) is 0 Å². The van der Waals surface area contributed by atoms with Crippen LogP contribution in [0.4, 0.5) is 22.0 Å². The van der Waals surface area contributed by atoms with Gasteiger partial charge in [0.15, 0.2) is 11.5 Å². The van der Waals surface area contributed by atoms with Gasteiger partial charge in [0.25, 0.3) is 5.91 Å². The molecule has 0 unspecified atom stereocenters. The molecular weight excluding hydrogens is 598 g/mol. The number of carbonyl (C=O) groups excluding carboxylic acids is 2. The smallest absolute Gasteiger partial charge is 0.433 e. The number of Topliss-reactive ketones (excluding diaryl/α,β-unsaturated/α-hetero) is 1. The summed E-state index contributed by atoms with van der Waals surface area (Å²) in [6.07, 6.45) is -3.44. The van der Waals surface area contributed by atoms with Crippen LogP contribution < -0.4 is 0 Å². The minimum absolute atomic E-state index is 0.00579. The molecule has 1 aliphatic rings. The Morgan fingerprint density at radius 3 is 2.32 bits per heavy atom. The summed E-state index contributed by atoms with van der Waals surface area (Å²) in [6.45, 7) is -1.19. The summed E-state index contributed by atoms with van der Waals surface area (Å²) in [6, 6.07) is 3.42. The number of hydrogen-bond acceptors (Lipinski definition) is 5. The van der Waals surface area contributed by atoms with Gasteiger partial charge in [-0.1, -0.05) is 35.3 Å². The Morgan fingerprint density at radius 2 is 1.73 bits per heavy atom. The lowest BCUT2D eigenvalue weighted by atomic mass is 9.83. The number of carboxylic acid groups (broad SMARTS) is 1. The molecule has 1 saturated carbocycles. The number of benzene rings is 1. The van der Waals surface area contributed by atoms with E-state index >= 15 is 0 Å². The van der Waals surface area contributed by atoms with Gasteiger partial charge in [-0.05, 0) is 37.0 Å². The molecule has 2 aromatic heterocycles. The lowest BCUT2D eigenvalue weighted by molar-refractivity contribution is -0.155. The largest absolute Gasteiger partial charge is 0.479 e. The van der Waals surface area contributed by atoms with Gasteiger partial charge >= 0.3 is 12.1 Å². The van der Waals surface area contributed by atoms with Gasteiger partial charge in [-0.25, -0.2) is 13.6 Å². The number of alkyl halides is 4. The van der Waals surface area contributed by atoms with Crippen molar-refractivity contribution in [2.75, 3.05) is 6.54 Å². The maximum absolute atomic E-state index is 14.9. The molecule has 4 rings (SSSR count). The van der Waals surface area contributed by atoms with Crippen LogP contribution in [0.3, 0.4) is 0 Å². The molecule has 1 aromatic carbocycles. The van der Waals surface area contributed by atoms with Gasteiger partial charge in [-0.3, -0.25) is 19.3 Å². The Balaban J connectivity index is 1.74. The Morgan fingerprint density at radius 1 is 1.10 bits per heavy atom. The highest BCUT2D eigenvalue weighted by molar-refractivity contribution is 6.39. The zero-order valence-corrected chi connectivity index (χ0v) is 22.5. The first kappa shape index (κ1) is 30.4. The van der Waals surface area contributed by atoms with E-state index in [1.807, 2.05) is 0 Å². The minimum Gasteiger partial charge on any atom is -0.479 e. The monoisotopic (exact) mass is 618 g/mol. The molecule has 0 radical (unpaired) electrons. The van der Waals surface area contributed by atoms with Gasteiger partial charge in [0.05, 0.1) is 40.0 Å². The van der Waals surface area contributed by atoms with Gasteiger partial charge in [0.2, 0.25) is 5.67 Å². The summed E-state index contributed by atoms with van der Waals surface area (Å²) in [5, 5.41) is 12.7. The zero-order chi connectivity index (χ0) is 30.1. The molecule has 8 nitrogen and oxygen atoms in total. The zero-order valence-electron chi connectivity index (χ0n) is 21.0. The van der Waals surface area contributed by atoms with Crippen molar-refractivity contribution in [3.63, 3.8) is 0 Å². The molecule has 3 aromatic rings. The average Bonchev–Trinajstić information content (AvgIpc) is 3.35. The third-order valence-corrected chi connectivity index (χ3v) is 7.31. The summed E-state index contributed by atoms with van der Waals surface area (Å²) < 4.78 is 72.0. The van der Waals surface area contributed by atoms with Crippen molar-refractivity contribution in [1.29, 1.82) is 0 Å². The van der Waals surface area contributed by atoms with Crippen LogP contribution >= 0.6 is 23.2 Å². The molecule has 1 amide bonds. The fourth-order valence-corrected chi connectivity index (χ4v) is 5.36. The topological polar surface area (TPSA) is 105 Å². The SMILES string of the molecule is O=C(CN(Cc1ccc(F)cc1)C(=O)c1cnn([C@@H]2CCC[C@@](F)(C(=O)O)C2)c1C(F)(F)F)c1c(Cl)cncc1Cl. The number of amides is 1. The van der Waals surface area contributed by atoms with Crippen molar-refractivity contribution >= 4 is 40.9 Å². The number of aromatic nitrogens is 3. The number of hydrogen-bond donors (Lipinski definition) is 1. The van der Waals surface area contributed by atoms with Crippen LogP contribution in [-0.4, -0.2) is 54.6 Å². The molecule has 1 N–H and O–H groups in total. The predicted molar refractivity (Wildman–Crippen MR) is 136 cm³/mol. The highest BCUT2D eigenvalue weighted by atomic mass is 35.5. The highest BCUT2D eigenvalue weighted by Crippen LogP contribution is 2.42. The fourth-order valence-electron chi connectivity index (χ4n) is 4.79. The summed E-state index contributed by atoms with van der Waals surface area (Å²) in [5.41, 5.74) is -5.13. The second kappa shape index (κ2) is 11.7. The number of ketones is 1. The van der Waals surface area contributed by atoms with Crippen LogP contribution in [0.15, 0.2) is 42.9 Å². The molecule has 0 spiro atoms. The third-order valence-electron chi connectivity index (χ3n) is 6.73. The molecular formula is C26H21Cl2F5N4O4. The molecule has 2 atom stereocenters. The molecule has 15 heteroatoms. The van der Waals surface area contributed by atoms with E-state index < -0.39 is 72.1 Å². The van der Waals surface area contributed by atoms with Gasteiger partial charge in [0.1, 0.15) is 5.82 Å². The Kier molecular flexibility index (Phi) is 8.69. The van der Waals surface area contributed by atoms with Gasteiger partial charge < -0.3 is 10.0 Å². The van der Waals surface area contributed by atoms with Gasteiger partial charge in [0, 0.05) is 25.4 Å². The van der Waals surface area contributed by atoms with Crippen molar-refractivity contribution in [2.24, 2.45) is 0 Å². The van der Waals surface area contributed by atoms with Crippen LogP contribution in [-0.2, 0) is 17.5 Å². The van der Waals surface area contributed by atoms with Crippen LogP contribution in [0, 0.1) is 5.82 Å². The normalized spacial score (nSPS) is 19.1. The number of halogens is 7. The molecule has 1 aliphatic carbocycles. The van der Waals surface area contributed by atoms with E-state index in [0.29, 0.717) is 10.9 Å². The number of carbonyl (C=O) groups is 3. The van der Waals surface area contributed by atoms with E-state index in [4.69, 9.17) is 23.2 Å². The number of rotatable bonds is 8. The van der Waals surface area contributed by atoms with Crippen LogP contribution in [0.25, 0.3) is 0 Å². The number of nitrogens with zero attached hydrogens (tertiary/aromatic N) is 4. The molecule has 0 saturated heterocycles. The Bertz CT molecular complexity index is 1460. The molecule has 0 aliphatic heterocycles. The van der Waals surface area contributed by atoms with Crippen molar-refractivity contribution in [1.82, 2.24) is 19.7 Å². The maximum Gasteiger partial charge on any atom is 0.433 e. The van der Waals surface area contributed by atoms with Crippen molar-refractivity contribution in [3.8, 4) is 0 Å². The molecule has 1 fully saturated rings. The van der Waals surface area contributed by atoms with Gasteiger partial charge in [-0.2, -0.15) is 18.3 Å². The second-order valence-corrected chi connectivity index (χ2v) is 10.4. The Labute approximate surface area is 239 Å². The van der Waals surface area contributed by atoms with E-state index in [1.165, 1.54) is 12.1 Å². The molecule has 0 bridgehead atoms. The standard InChI is InChI=1S/C26H21Cl2F5N4O4/c27-18-10-34-11-19(28)21(18)20(38)13-36(12-14-3-5-15(29)6-4-14)23(39)17-9-35-37(22(17)26(31,32)33)16-2-1-7-25(30,8-16)24(40)41/h3-6,9-11,16H,1-2,7-8,12-13H2,(H,40,41)/t16-,25+/m1/s1. The minimum atomic E-state index is -5.16. The third kappa shape index (κ3) is 6.51. The summed E-state index contributed by atoms with van der Waals surface area (Å²) in [5.74, 6) is -4.47. The van der Waals surface area contributed by atoms with Gasteiger partial charge in [-0.15, -0.1) is 0 Å². The molecule has 218 valence electrons. The lowest BCUT2D eigenvalue weighted by Crippen LogP contribution is -2.40. The van der Waals surface area contributed by atoms with E-state index in [9.17, 15) is 41.4 Å². The summed E-state index contributed by atoms with van der Waals surface area (Å²) in [7, 11) is 0. The second-order valence-electron chi connectivity index (χ2n) is 9.56. The molecule has 2 heterocycles. The van der Waals surface area contributed by atoms with E-state index in [2.05, 4.69) is 10.1 Å². The quantitative estimate of drug-likeness (QED) is 0.239. The van der Waals surface area contributed by atoms with Crippen LogP contribution in [0.1, 0.15) is 63.7 Å². The maximum atomic E-state index is 14.9. The van der Waals surface area contributed by atoms with Crippen LogP contribution in [0.2, 0.25) is 10.0 Å². The van der Waals surface area contributed by atoms with Crippen molar-refractivity contribution in [2.45, 2.75) is 50.1 Å². The highest BCUT2D eigenvalue weighted by Gasteiger charge is 2.48. The fraction of sp³-hybridized carbons (Fsp3) is 0.346. The van der Waals surface area contributed by atoms with Crippen molar-refractivity contribution < 1.29 is 41.4 Å². The lowest BCUT2D eigenvalue weighted by Gasteiger charge is -2.32. The first-order valence-corrected chi connectivity index (χ1v) is 12.9. The number of aliphatic carboxylic acids is 1. The number of carboxylic acids is 1. The Hall–Kier alpha value is -3.58. The summed E-state index contributed by atoms with van der Waals surface area (Å²) in [4.78, 5) is 42.8. The summed E-state index contributed by atoms with van der Waals surface area (Å²) >= 11 is 12.1. The average molecular weight is 619 g/mol. The van der Waals surface area contributed by atoms with Crippen molar-refractivity contribution in [3.05, 3.63) is 81.1 Å². The number of pyridine rings is 1. The first-order valence-electron chi connectivity index (χ1n) is 12.1. The van der Waals surface area contributed by atoms with E-state index in [0.717, 1.165) is 29.4 Å². The van der Waals surface area contributed by atoms with Crippen LogP contribution in [0.5, 0.6) is 0 Å².